The van der Waals surface area contributed by atoms with Crippen LogP contribution in [0.25, 0.3) is 10.9 Å². The van der Waals surface area contributed by atoms with Gasteiger partial charge in [0.2, 0.25) is 0 Å². The van der Waals surface area contributed by atoms with Gasteiger partial charge in [0.1, 0.15) is 0 Å². The molecule has 0 saturated carbocycles. The summed E-state index contributed by atoms with van der Waals surface area (Å²) >= 11 is 0. The highest BCUT2D eigenvalue weighted by Gasteiger charge is 2.21. The Balaban J connectivity index is 1.62. The van der Waals surface area contributed by atoms with Gasteiger partial charge in [-0.2, -0.15) is 5.10 Å². The van der Waals surface area contributed by atoms with Crippen LogP contribution in [0.15, 0.2) is 24.3 Å². The van der Waals surface area contributed by atoms with Crippen LogP contribution in [0.1, 0.15) is 18.5 Å². The molecule has 114 valence electrons. The van der Waals surface area contributed by atoms with Crippen LogP contribution in [0.2, 0.25) is 0 Å². The number of fused-ring (bicyclic) bond motifs is 1. The van der Waals surface area contributed by atoms with E-state index in [9.17, 15) is 0 Å². The lowest BCUT2D eigenvalue weighted by molar-refractivity contribution is 0.00960. The van der Waals surface area contributed by atoms with Crippen molar-refractivity contribution in [3.8, 4) is 0 Å². The maximum absolute atomic E-state index is 5.73. The molecule has 0 unspecified atom stereocenters. The molecule has 1 saturated heterocycles. The molecule has 0 radical (unpaired) electrons. The third-order valence-corrected chi connectivity index (χ3v) is 4.21. The van der Waals surface area contributed by atoms with Crippen molar-refractivity contribution in [2.75, 3.05) is 26.2 Å². The zero-order valence-electron chi connectivity index (χ0n) is 12.7. The number of piperidine rings is 1. The molecule has 5 heteroatoms. The van der Waals surface area contributed by atoms with Crippen molar-refractivity contribution in [2.24, 2.45) is 12.8 Å². The second-order valence-electron chi connectivity index (χ2n) is 5.72. The van der Waals surface area contributed by atoms with Crippen LogP contribution >= 0.6 is 0 Å². The minimum absolute atomic E-state index is 0.380. The van der Waals surface area contributed by atoms with Gasteiger partial charge in [0.25, 0.3) is 0 Å². The van der Waals surface area contributed by atoms with Gasteiger partial charge in [0, 0.05) is 38.6 Å². The smallest absolute Gasteiger partial charge is 0.0843 e. The van der Waals surface area contributed by atoms with E-state index in [-0.39, 0.29) is 0 Å². The maximum atomic E-state index is 5.73. The third-order valence-electron chi connectivity index (χ3n) is 4.21. The first kappa shape index (κ1) is 14.5. The van der Waals surface area contributed by atoms with E-state index in [2.05, 4.69) is 34.3 Å². The van der Waals surface area contributed by atoms with Gasteiger partial charge in [0.05, 0.1) is 23.9 Å². The number of hydrogen-bond acceptors (Lipinski definition) is 4. The Morgan fingerprint density at radius 3 is 2.81 bits per heavy atom. The van der Waals surface area contributed by atoms with E-state index in [0.29, 0.717) is 19.3 Å². The molecular formula is C16H24N4O. The number of likely N-dealkylation sites (tertiary alicyclic amines) is 1. The monoisotopic (exact) mass is 288 g/mol. The van der Waals surface area contributed by atoms with E-state index in [1.165, 1.54) is 16.6 Å². The summed E-state index contributed by atoms with van der Waals surface area (Å²) in [6.45, 7) is 4.35. The SMILES string of the molecule is Cn1nc(CN2CCC(OCCN)CC2)c2ccccc21. The van der Waals surface area contributed by atoms with E-state index in [4.69, 9.17) is 10.5 Å². The van der Waals surface area contributed by atoms with Gasteiger partial charge < -0.3 is 10.5 Å². The van der Waals surface area contributed by atoms with Crippen LogP contribution in [0.5, 0.6) is 0 Å². The summed E-state index contributed by atoms with van der Waals surface area (Å²) in [5, 5.41) is 5.94. The number of benzene rings is 1. The van der Waals surface area contributed by atoms with E-state index < -0.39 is 0 Å². The standard InChI is InChI=1S/C16H24N4O/c1-19-16-5-3-2-4-14(16)15(18-19)12-20-9-6-13(7-10-20)21-11-8-17/h2-5,13H,6-12,17H2,1H3. The van der Waals surface area contributed by atoms with Crippen LogP contribution in [-0.4, -0.2) is 47.0 Å². The first-order valence-corrected chi connectivity index (χ1v) is 7.72. The molecular weight excluding hydrogens is 264 g/mol. The summed E-state index contributed by atoms with van der Waals surface area (Å²) in [6.07, 6.45) is 2.56. The van der Waals surface area contributed by atoms with E-state index in [0.717, 1.165) is 32.5 Å². The molecule has 1 aliphatic heterocycles. The summed E-state index contributed by atoms with van der Waals surface area (Å²) in [7, 11) is 2.01. The van der Waals surface area contributed by atoms with Gasteiger partial charge in [-0.25, -0.2) is 0 Å². The zero-order valence-corrected chi connectivity index (χ0v) is 12.7. The molecule has 2 N–H and O–H groups in total. The molecule has 0 spiro atoms. The molecule has 5 nitrogen and oxygen atoms in total. The highest BCUT2D eigenvalue weighted by Crippen LogP contribution is 2.21. The second-order valence-corrected chi connectivity index (χ2v) is 5.72. The normalized spacial score (nSPS) is 17.6. The lowest BCUT2D eigenvalue weighted by atomic mass is 10.1. The molecule has 1 aliphatic rings. The molecule has 0 atom stereocenters. The predicted octanol–water partition coefficient (Wildman–Crippen LogP) is 1.51. The molecule has 21 heavy (non-hydrogen) atoms. The van der Waals surface area contributed by atoms with Gasteiger partial charge in [-0.1, -0.05) is 18.2 Å². The van der Waals surface area contributed by atoms with Gasteiger partial charge in [-0.05, 0) is 18.9 Å². The molecule has 2 heterocycles. The number of aryl methyl sites for hydroxylation is 1. The van der Waals surface area contributed by atoms with Crippen LogP contribution in [0, 0.1) is 0 Å². The topological polar surface area (TPSA) is 56.3 Å². The lowest BCUT2D eigenvalue weighted by Crippen LogP contribution is -2.37. The number of para-hydroxylation sites is 1. The summed E-state index contributed by atoms with van der Waals surface area (Å²) < 4.78 is 7.71. The first-order chi connectivity index (χ1) is 10.3. The number of nitrogens with two attached hydrogens (primary N) is 1. The van der Waals surface area contributed by atoms with Crippen molar-refractivity contribution in [1.82, 2.24) is 14.7 Å². The number of ether oxygens (including phenoxy) is 1. The highest BCUT2D eigenvalue weighted by molar-refractivity contribution is 5.81. The lowest BCUT2D eigenvalue weighted by Gasteiger charge is -2.31. The minimum Gasteiger partial charge on any atom is -0.377 e. The molecule has 1 aromatic carbocycles. The Morgan fingerprint density at radius 1 is 1.29 bits per heavy atom. The van der Waals surface area contributed by atoms with Crippen LogP contribution < -0.4 is 5.73 Å². The number of nitrogens with zero attached hydrogens (tertiary/aromatic N) is 3. The highest BCUT2D eigenvalue weighted by atomic mass is 16.5. The van der Waals surface area contributed by atoms with E-state index in [1.54, 1.807) is 0 Å². The molecule has 2 aromatic rings. The average Bonchev–Trinajstić information content (AvgIpc) is 2.83. The average molecular weight is 288 g/mol. The summed E-state index contributed by atoms with van der Waals surface area (Å²) in [5.74, 6) is 0. The first-order valence-electron chi connectivity index (χ1n) is 7.72. The van der Waals surface area contributed by atoms with Crippen LogP contribution in [0.4, 0.5) is 0 Å². The van der Waals surface area contributed by atoms with Gasteiger partial charge in [-0.3, -0.25) is 9.58 Å². The van der Waals surface area contributed by atoms with Gasteiger partial charge >= 0.3 is 0 Å². The van der Waals surface area contributed by atoms with Crippen molar-refractivity contribution in [3.63, 3.8) is 0 Å². The number of hydrogen-bond donors (Lipinski definition) is 1. The number of rotatable bonds is 5. The predicted molar refractivity (Wildman–Crippen MR) is 84.0 cm³/mol. The Kier molecular flexibility index (Phi) is 4.53. The summed E-state index contributed by atoms with van der Waals surface area (Å²) in [4.78, 5) is 2.47. The van der Waals surface area contributed by atoms with E-state index >= 15 is 0 Å². The Morgan fingerprint density at radius 2 is 2.05 bits per heavy atom. The molecule has 0 amide bonds. The maximum Gasteiger partial charge on any atom is 0.0843 e. The summed E-state index contributed by atoms with van der Waals surface area (Å²) in [6, 6.07) is 8.43. The van der Waals surface area contributed by atoms with Crippen molar-refractivity contribution >= 4 is 10.9 Å². The van der Waals surface area contributed by atoms with Gasteiger partial charge in [-0.15, -0.1) is 0 Å². The van der Waals surface area contributed by atoms with E-state index in [1.807, 2.05) is 11.7 Å². The molecule has 1 aromatic heterocycles. The molecule has 1 fully saturated rings. The van der Waals surface area contributed by atoms with Crippen molar-refractivity contribution in [2.45, 2.75) is 25.5 Å². The Labute approximate surface area is 125 Å². The second kappa shape index (κ2) is 6.56. The third kappa shape index (κ3) is 3.26. The fourth-order valence-corrected chi connectivity index (χ4v) is 3.09. The van der Waals surface area contributed by atoms with Crippen LogP contribution in [0.3, 0.4) is 0 Å². The molecule has 0 bridgehead atoms. The number of aromatic nitrogens is 2. The van der Waals surface area contributed by atoms with Crippen molar-refractivity contribution < 1.29 is 4.74 Å². The molecule has 3 rings (SSSR count). The zero-order chi connectivity index (χ0) is 14.7. The van der Waals surface area contributed by atoms with Crippen molar-refractivity contribution in [1.29, 1.82) is 0 Å². The Bertz CT molecular complexity index is 587. The summed E-state index contributed by atoms with van der Waals surface area (Å²) in [5.41, 5.74) is 7.86. The fraction of sp³-hybridized carbons (Fsp3) is 0.562. The van der Waals surface area contributed by atoms with Crippen molar-refractivity contribution in [3.05, 3.63) is 30.0 Å². The fourth-order valence-electron chi connectivity index (χ4n) is 3.09. The largest absolute Gasteiger partial charge is 0.377 e. The molecule has 0 aliphatic carbocycles. The van der Waals surface area contributed by atoms with Gasteiger partial charge in [0.15, 0.2) is 0 Å². The minimum atomic E-state index is 0.380. The van der Waals surface area contributed by atoms with Crippen LogP contribution in [-0.2, 0) is 18.3 Å². The Hall–Kier alpha value is -1.43. The quantitative estimate of drug-likeness (QED) is 0.906.